The lowest BCUT2D eigenvalue weighted by Crippen LogP contribution is -2.47. The second-order valence-corrected chi connectivity index (χ2v) is 12.7. The molecule has 0 aliphatic heterocycles. The first-order valence-corrected chi connectivity index (χ1v) is 15.4. The molecule has 10 heteroatoms. The summed E-state index contributed by atoms with van der Waals surface area (Å²) in [6.45, 7) is 6.21. The van der Waals surface area contributed by atoms with Gasteiger partial charge in [0.25, 0.3) is 5.91 Å². The van der Waals surface area contributed by atoms with Gasteiger partial charge in [-0.25, -0.2) is 14.4 Å². The normalized spacial score (nSPS) is 28.6. The number of ketones is 1. The number of methoxy groups -OCH3 is 1. The lowest BCUT2D eigenvalue weighted by Gasteiger charge is -2.35. The van der Waals surface area contributed by atoms with Gasteiger partial charge in [-0.15, -0.1) is 0 Å². The summed E-state index contributed by atoms with van der Waals surface area (Å²) in [6.07, 6.45) is 6.44. The number of amides is 1. The van der Waals surface area contributed by atoms with Gasteiger partial charge in [0.2, 0.25) is 0 Å². The minimum absolute atomic E-state index is 0.0100. The SMILES string of the molecule is COc1cc(C#N)c(O[C@H]2CC[C@@](C)(C(C)=O)CC2)cc1C(=O)N[C@@H]1[C@H]2CC[C@H](C2)[C@@H]1CNCc1nccc(C(C)F)n1. The van der Waals surface area contributed by atoms with E-state index in [1.165, 1.54) is 14.0 Å². The predicted molar refractivity (Wildman–Crippen MR) is 158 cm³/mol. The van der Waals surface area contributed by atoms with Gasteiger partial charge in [-0.2, -0.15) is 5.26 Å². The van der Waals surface area contributed by atoms with Gasteiger partial charge < -0.3 is 20.1 Å². The molecule has 0 saturated heterocycles. The van der Waals surface area contributed by atoms with Crippen LogP contribution in [0.2, 0.25) is 0 Å². The number of rotatable bonds is 11. The fraction of sp³-hybridized carbons (Fsp3) is 0.606. The highest BCUT2D eigenvalue weighted by Gasteiger charge is 2.48. The summed E-state index contributed by atoms with van der Waals surface area (Å²) >= 11 is 0. The number of hydrogen-bond acceptors (Lipinski definition) is 8. The molecule has 0 radical (unpaired) electrons. The van der Waals surface area contributed by atoms with Crippen LogP contribution in [-0.2, 0) is 11.3 Å². The number of hydrogen-bond donors (Lipinski definition) is 2. The fourth-order valence-corrected chi connectivity index (χ4v) is 7.20. The molecule has 2 aromatic rings. The summed E-state index contributed by atoms with van der Waals surface area (Å²) in [5, 5.41) is 16.6. The Balaban J connectivity index is 1.27. The van der Waals surface area contributed by atoms with E-state index < -0.39 is 6.17 Å². The monoisotopic (exact) mass is 591 g/mol. The average Bonchev–Trinajstić information content (AvgIpc) is 3.60. The number of aromatic nitrogens is 2. The highest BCUT2D eigenvalue weighted by atomic mass is 19.1. The van der Waals surface area contributed by atoms with Gasteiger partial charge in [-0.3, -0.25) is 9.59 Å². The van der Waals surface area contributed by atoms with Crippen LogP contribution in [0.4, 0.5) is 4.39 Å². The molecule has 3 saturated carbocycles. The molecular formula is C33H42FN5O4. The van der Waals surface area contributed by atoms with Gasteiger partial charge >= 0.3 is 0 Å². The molecule has 5 rings (SSSR count). The maximum Gasteiger partial charge on any atom is 0.255 e. The molecular weight excluding hydrogens is 549 g/mol. The maximum atomic E-state index is 13.8. The van der Waals surface area contributed by atoms with Crippen molar-refractivity contribution in [1.82, 2.24) is 20.6 Å². The molecule has 43 heavy (non-hydrogen) atoms. The summed E-state index contributed by atoms with van der Waals surface area (Å²) < 4.78 is 25.5. The van der Waals surface area contributed by atoms with Crippen LogP contribution in [-0.4, -0.2) is 47.5 Å². The van der Waals surface area contributed by atoms with Crippen molar-refractivity contribution in [2.24, 2.45) is 23.2 Å². The number of ether oxygens (including phenoxy) is 2. The molecule has 5 atom stereocenters. The van der Waals surface area contributed by atoms with Gasteiger partial charge in [-0.1, -0.05) is 6.92 Å². The third-order valence-electron chi connectivity index (χ3n) is 10.0. The quantitative estimate of drug-likeness (QED) is 0.364. The molecule has 1 unspecified atom stereocenters. The van der Waals surface area contributed by atoms with Crippen LogP contribution in [0.15, 0.2) is 24.4 Å². The fourth-order valence-electron chi connectivity index (χ4n) is 7.20. The molecule has 1 aromatic heterocycles. The van der Waals surface area contributed by atoms with Crippen LogP contribution in [0.5, 0.6) is 11.5 Å². The van der Waals surface area contributed by atoms with Gasteiger partial charge in [0, 0.05) is 30.3 Å². The van der Waals surface area contributed by atoms with Crippen LogP contribution in [0.3, 0.4) is 0 Å². The summed E-state index contributed by atoms with van der Waals surface area (Å²) in [5.74, 6) is 2.31. The Bertz CT molecular complexity index is 1380. The number of nitriles is 1. The minimum atomic E-state index is -1.15. The summed E-state index contributed by atoms with van der Waals surface area (Å²) in [7, 11) is 1.49. The van der Waals surface area contributed by atoms with Crippen molar-refractivity contribution >= 4 is 11.7 Å². The summed E-state index contributed by atoms with van der Waals surface area (Å²) in [5.41, 5.74) is 0.679. The number of nitrogens with zero attached hydrogens (tertiary/aromatic N) is 3. The Hall–Kier alpha value is -3.58. The number of Topliss-reactive ketones (excluding diaryl/α,β-unsaturated/α-hetero) is 1. The van der Waals surface area contributed by atoms with E-state index in [4.69, 9.17) is 9.47 Å². The van der Waals surface area contributed by atoms with Crippen molar-refractivity contribution in [3.63, 3.8) is 0 Å². The van der Waals surface area contributed by atoms with Crippen LogP contribution >= 0.6 is 0 Å². The minimum Gasteiger partial charge on any atom is -0.496 e. The number of carbonyl (C=O) groups is 2. The number of halogens is 1. The summed E-state index contributed by atoms with van der Waals surface area (Å²) in [6, 6.07) is 6.95. The van der Waals surface area contributed by atoms with Crippen LogP contribution in [0.25, 0.3) is 0 Å². The predicted octanol–water partition coefficient (Wildman–Crippen LogP) is 5.24. The highest BCUT2D eigenvalue weighted by Crippen LogP contribution is 2.48. The second-order valence-electron chi connectivity index (χ2n) is 12.7. The first-order valence-electron chi connectivity index (χ1n) is 15.4. The van der Waals surface area contributed by atoms with E-state index in [1.54, 1.807) is 31.3 Å². The lowest BCUT2D eigenvalue weighted by atomic mass is 9.72. The van der Waals surface area contributed by atoms with Gasteiger partial charge in [-0.05, 0) is 88.7 Å². The molecule has 1 aromatic carbocycles. The molecule has 3 aliphatic carbocycles. The Morgan fingerprint density at radius 2 is 1.93 bits per heavy atom. The number of nitrogens with one attached hydrogen (secondary N) is 2. The van der Waals surface area contributed by atoms with Crippen molar-refractivity contribution < 1.29 is 23.5 Å². The van der Waals surface area contributed by atoms with E-state index in [0.717, 1.165) is 32.1 Å². The molecule has 3 aliphatic rings. The van der Waals surface area contributed by atoms with Gasteiger partial charge in [0.1, 0.15) is 35.3 Å². The first-order chi connectivity index (χ1) is 20.6. The molecule has 230 valence electrons. The number of fused-ring (bicyclic) bond motifs is 2. The molecule has 1 amide bonds. The van der Waals surface area contributed by atoms with Crippen molar-refractivity contribution in [2.45, 2.75) is 90.6 Å². The molecule has 0 spiro atoms. The Morgan fingerprint density at radius 3 is 2.60 bits per heavy atom. The van der Waals surface area contributed by atoms with Gasteiger partial charge in [0.05, 0.1) is 36.6 Å². The Kier molecular flexibility index (Phi) is 9.30. The largest absolute Gasteiger partial charge is 0.496 e. The van der Waals surface area contributed by atoms with E-state index in [2.05, 4.69) is 26.7 Å². The zero-order chi connectivity index (χ0) is 30.7. The standard InChI is InChI=1S/C33H42FN5O4/c1-19(34)27-9-12-37-30(38-27)18-36-17-26-21-5-6-22(13-21)31(26)39-32(41)25-15-28(23(16-35)14-29(25)42-4)43-24-7-10-33(3,11-8-24)20(2)40/h9,12,14-15,19,21-22,24,26,31,36H,5-8,10-11,13,17-18H2,1-4H3,(H,39,41)/t19?,21-,22+,24-,26+,31-,33+/m1/s1. The molecule has 9 nitrogen and oxygen atoms in total. The van der Waals surface area contributed by atoms with Crippen molar-refractivity contribution in [2.75, 3.05) is 13.7 Å². The van der Waals surface area contributed by atoms with Crippen molar-refractivity contribution in [1.29, 1.82) is 5.26 Å². The Labute approximate surface area is 253 Å². The molecule has 1 heterocycles. The van der Waals surface area contributed by atoms with E-state index in [-0.39, 0.29) is 35.2 Å². The number of alkyl halides is 1. The Morgan fingerprint density at radius 1 is 1.19 bits per heavy atom. The maximum absolute atomic E-state index is 13.8. The number of benzene rings is 1. The summed E-state index contributed by atoms with van der Waals surface area (Å²) in [4.78, 5) is 34.4. The third kappa shape index (κ3) is 6.67. The van der Waals surface area contributed by atoms with Crippen LogP contribution in [0.1, 0.15) is 99.3 Å². The third-order valence-corrected chi connectivity index (χ3v) is 10.0. The van der Waals surface area contributed by atoms with E-state index in [9.17, 15) is 19.2 Å². The average molecular weight is 592 g/mol. The van der Waals surface area contributed by atoms with E-state index in [0.29, 0.717) is 71.9 Å². The first kappa shape index (κ1) is 30.9. The highest BCUT2D eigenvalue weighted by molar-refractivity contribution is 5.98. The van der Waals surface area contributed by atoms with Gasteiger partial charge in [0.15, 0.2) is 0 Å². The smallest absolute Gasteiger partial charge is 0.255 e. The van der Waals surface area contributed by atoms with E-state index in [1.807, 2.05) is 6.92 Å². The zero-order valence-electron chi connectivity index (χ0n) is 25.5. The molecule has 2 N–H and O–H groups in total. The molecule has 3 fully saturated rings. The topological polar surface area (TPSA) is 126 Å². The zero-order valence-corrected chi connectivity index (χ0v) is 25.5. The molecule has 2 bridgehead atoms. The number of carbonyl (C=O) groups excluding carboxylic acids is 2. The van der Waals surface area contributed by atoms with Crippen molar-refractivity contribution in [3.8, 4) is 17.6 Å². The van der Waals surface area contributed by atoms with Crippen LogP contribution < -0.4 is 20.1 Å². The lowest BCUT2D eigenvalue weighted by molar-refractivity contribution is -0.128. The van der Waals surface area contributed by atoms with Crippen molar-refractivity contribution in [3.05, 3.63) is 47.0 Å². The van der Waals surface area contributed by atoms with Crippen LogP contribution in [0, 0.1) is 34.5 Å². The second kappa shape index (κ2) is 13.0. The van der Waals surface area contributed by atoms with E-state index >= 15 is 0 Å².